The van der Waals surface area contributed by atoms with Gasteiger partial charge in [0.25, 0.3) is 5.91 Å². The average Bonchev–Trinajstić information content (AvgIpc) is 3.45. The number of likely N-dealkylation sites (tertiary alicyclic amines) is 1. The summed E-state index contributed by atoms with van der Waals surface area (Å²) in [6.45, 7) is 3.59. The molecule has 126 valence electrons. The Morgan fingerprint density at radius 1 is 1.29 bits per heavy atom. The average molecular weight is 323 g/mol. The van der Waals surface area contributed by atoms with Crippen molar-refractivity contribution < 1.29 is 4.79 Å². The molecule has 1 saturated heterocycles. The SMILES string of the molecule is CC1CCN(C(=O)c2cc(C3CC3)nc3ccccc23)C(CN)C1. The summed E-state index contributed by atoms with van der Waals surface area (Å²) in [6, 6.07) is 10.2. The van der Waals surface area contributed by atoms with Crippen molar-refractivity contribution in [2.24, 2.45) is 11.7 Å². The fourth-order valence-corrected chi connectivity index (χ4v) is 3.86. The highest BCUT2D eigenvalue weighted by Crippen LogP contribution is 2.40. The molecule has 1 aromatic carbocycles. The lowest BCUT2D eigenvalue weighted by atomic mass is 9.91. The van der Waals surface area contributed by atoms with E-state index in [9.17, 15) is 4.79 Å². The molecule has 4 heteroatoms. The highest BCUT2D eigenvalue weighted by atomic mass is 16.2. The molecular weight excluding hydrogens is 298 g/mol. The number of pyridine rings is 1. The van der Waals surface area contributed by atoms with Crippen molar-refractivity contribution in [3.8, 4) is 0 Å². The molecule has 1 saturated carbocycles. The van der Waals surface area contributed by atoms with E-state index >= 15 is 0 Å². The van der Waals surface area contributed by atoms with Crippen LogP contribution in [-0.4, -0.2) is 34.9 Å². The number of nitrogens with two attached hydrogens (primary N) is 1. The van der Waals surface area contributed by atoms with Crippen LogP contribution in [0, 0.1) is 5.92 Å². The van der Waals surface area contributed by atoms with E-state index in [0.717, 1.165) is 41.5 Å². The fraction of sp³-hybridized carbons (Fsp3) is 0.500. The van der Waals surface area contributed by atoms with E-state index in [2.05, 4.69) is 6.92 Å². The standard InChI is InChI=1S/C20H25N3O/c1-13-8-9-23(15(10-13)12-21)20(24)17-11-19(14-6-7-14)22-18-5-3-2-4-16(17)18/h2-5,11,13-15H,6-10,12,21H2,1H3. The monoisotopic (exact) mass is 323 g/mol. The molecule has 0 radical (unpaired) electrons. The summed E-state index contributed by atoms with van der Waals surface area (Å²) in [5.41, 5.74) is 8.77. The van der Waals surface area contributed by atoms with E-state index in [1.54, 1.807) is 0 Å². The molecule has 0 spiro atoms. The zero-order chi connectivity index (χ0) is 16.7. The van der Waals surface area contributed by atoms with Gasteiger partial charge in [0.05, 0.1) is 11.1 Å². The van der Waals surface area contributed by atoms with Crippen LogP contribution >= 0.6 is 0 Å². The zero-order valence-electron chi connectivity index (χ0n) is 14.2. The Morgan fingerprint density at radius 2 is 2.08 bits per heavy atom. The van der Waals surface area contributed by atoms with Gasteiger partial charge < -0.3 is 10.6 Å². The van der Waals surface area contributed by atoms with Gasteiger partial charge >= 0.3 is 0 Å². The first kappa shape index (κ1) is 15.6. The first-order valence-corrected chi connectivity index (χ1v) is 9.08. The van der Waals surface area contributed by atoms with Crippen LogP contribution in [0.15, 0.2) is 30.3 Å². The summed E-state index contributed by atoms with van der Waals surface area (Å²) in [7, 11) is 0. The lowest BCUT2D eigenvalue weighted by molar-refractivity contribution is 0.0575. The van der Waals surface area contributed by atoms with Gasteiger partial charge in [-0.2, -0.15) is 0 Å². The third kappa shape index (κ3) is 2.80. The van der Waals surface area contributed by atoms with Crippen LogP contribution in [0.5, 0.6) is 0 Å². The first-order valence-electron chi connectivity index (χ1n) is 9.08. The Balaban J connectivity index is 1.75. The smallest absolute Gasteiger partial charge is 0.254 e. The first-order chi connectivity index (χ1) is 11.7. The van der Waals surface area contributed by atoms with Crippen LogP contribution < -0.4 is 5.73 Å². The minimum absolute atomic E-state index is 0.123. The van der Waals surface area contributed by atoms with Gasteiger partial charge in [0.15, 0.2) is 0 Å². The van der Waals surface area contributed by atoms with Gasteiger partial charge in [0, 0.05) is 36.1 Å². The van der Waals surface area contributed by atoms with Crippen molar-refractivity contribution >= 4 is 16.8 Å². The number of piperidine rings is 1. The number of amides is 1. The van der Waals surface area contributed by atoms with E-state index in [0.29, 0.717) is 18.4 Å². The fourth-order valence-electron chi connectivity index (χ4n) is 3.86. The molecule has 1 aliphatic heterocycles. The van der Waals surface area contributed by atoms with Crippen molar-refractivity contribution in [1.29, 1.82) is 0 Å². The number of hydrogen-bond donors (Lipinski definition) is 1. The Hall–Kier alpha value is -1.94. The summed E-state index contributed by atoms with van der Waals surface area (Å²) in [4.78, 5) is 20.1. The van der Waals surface area contributed by atoms with E-state index < -0.39 is 0 Å². The number of rotatable bonds is 3. The molecule has 2 fully saturated rings. The molecule has 2 unspecified atom stereocenters. The number of fused-ring (bicyclic) bond motifs is 1. The van der Waals surface area contributed by atoms with E-state index in [1.807, 2.05) is 35.2 Å². The second-order valence-corrected chi connectivity index (χ2v) is 7.40. The highest BCUT2D eigenvalue weighted by molar-refractivity contribution is 6.06. The maximum Gasteiger partial charge on any atom is 0.254 e. The predicted molar refractivity (Wildman–Crippen MR) is 96.0 cm³/mol. The number of nitrogens with zero attached hydrogens (tertiary/aromatic N) is 2. The van der Waals surface area contributed by atoms with Crippen LogP contribution in [0.1, 0.15) is 54.6 Å². The molecule has 1 amide bonds. The Bertz CT molecular complexity index is 769. The number of benzene rings is 1. The van der Waals surface area contributed by atoms with Gasteiger partial charge in [0.1, 0.15) is 0 Å². The molecule has 2 aromatic rings. The third-order valence-corrected chi connectivity index (χ3v) is 5.47. The van der Waals surface area contributed by atoms with Crippen molar-refractivity contribution in [3.05, 3.63) is 41.6 Å². The van der Waals surface area contributed by atoms with Gasteiger partial charge in [-0.3, -0.25) is 9.78 Å². The third-order valence-electron chi connectivity index (χ3n) is 5.47. The molecule has 2 atom stereocenters. The van der Waals surface area contributed by atoms with Gasteiger partial charge in [-0.15, -0.1) is 0 Å². The molecule has 24 heavy (non-hydrogen) atoms. The summed E-state index contributed by atoms with van der Waals surface area (Å²) in [5, 5.41) is 0.960. The minimum Gasteiger partial charge on any atom is -0.334 e. The van der Waals surface area contributed by atoms with E-state index in [1.165, 1.54) is 12.8 Å². The van der Waals surface area contributed by atoms with Crippen molar-refractivity contribution in [3.63, 3.8) is 0 Å². The second kappa shape index (κ2) is 6.17. The summed E-state index contributed by atoms with van der Waals surface area (Å²) in [5.74, 6) is 1.30. The summed E-state index contributed by atoms with van der Waals surface area (Å²) >= 11 is 0. The Labute approximate surface area is 143 Å². The summed E-state index contributed by atoms with van der Waals surface area (Å²) < 4.78 is 0. The van der Waals surface area contributed by atoms with Crippen molar-refractivity contribution in [2.45, 2.75) is 44.6 Å². The largest absolute Gasteiger partial charge is 0.334 e. The normalized spacial score (nSPS) is 24.3. The minimum atomic E-state index is 0.123. The van der Waals surface area contributed by atoms with Gasteiger partial charge in [-0.1, -0.05) is 25.1 Å². The maximum absolute atomic E-state index is 13.3. The molecule has 1 aromatic heterocycles. The summed E-state index contributed by atoms with van der Waals surface area (Å²) in [6.07, 6.45) is 4.43. The number of aromatic nitrogens is 1. The molecule has 4 rings (SSSR count). The van der Waals surface area contributed by atoms with Crippen molar-refractivity contribution in [1.82, 2.24) is 9.88 Å². The molecule has 1 aliphatic carbocycles. The molecule has 2 N–H and O–H groups in total. The van der Waals surface area contributed by atoms with Crippen LogP contribution in [0.25, 0.3) is 10.9 Å². The highest BCUT2D eigenvalue weighted by Gasteiger charge is 2.32. The zero-order valence-corrected chi connectivity index (χ0v) is 14.2. The quantitative estimate of drug-likeness (QED) is 0.942. The molecular formula is C20H25N3O. The lowest BCUT2D eigenvalue weighted by Crippen LogP contribution is -2.49. The van der Waals surface area contributed by atoms with Crippen LogP contribution in [0.3, 0.4) is 0 Å². The van der Waals surface area contributed by atoms with Gasteiger partial charge in [0.2, 0.25) is 0 Å². The molecule has 2 heterocycles. The van der Waals surface area contributed by atoms with Gasteiger partial charge in [-0.25, -0.2) is 0 Å². The molecule has 0 bridgehead atoms. The van der Waals surface area contributed by atoms with Crippen LogP contribution in [-0.2, 0) is 0 Å². The predicted octanol–water partition coefficient (Wildman–Crippen LogP) is 3.31. The van der Waals surface area contributed by atoms with Crippen LogP contribution in [0.2, 0.25) is 0 Å². The molecule has 2 aliphatic rings. The molecule has 4 nitrogen and oxygen atoms in total. The van der Waals surface area contributed by atoms with Gasteiger partial charge in [-0.05, 0) is 43.7 Å². The Kier molecular flexibility index (Phi) is 4.01. The maximum atomic E-state index is 13.3. The van der Waals surface area contributed by atoms with Crippen LogP contribution in [0.4, 0.5) is 0 Å². The van der Waals surface area contributed by atoms with E-state index in [-0.39, 0.29) is 11.9 Å². The van der Waals surface area contributed by atoms with Crippen molar-refractivity contribution in [2.75, 3.05) is 13.1 Å². The number of hydrogen-bond acceptors (Lipinski definition) is 3. The second-order valence-electron chi connectivity index (χ2n) is 7.40. The topological polar surface area (TPSA) is 59.2 Å². The Morgan fingerprint density at radius 3 is 2.83 bits per heavy atom. The number of carbonyl (C=O) groups excluding carboxylic acids is 1. The van der Waals surface area contributed by atoms with E-state index in [4.69, 9.17) is 10.7 Å². The lowest BCUT2D eigenvalue weighted by Gasteiger charge is -2.38. The number of carbonyl (C=O) groups is 1. The number of para-hydroxylation sites is 1.